The highest BCUT2D eigenvalue weighted by atomic mass is 32.1. The molecule has 0 aliphatic heterocycles. The van der Waals surface area contributed by atoms with Crippen LogP contribution in [-0.2, 0) is 12.8 Å². The number of aryl methyl sites for hydroxylation is 1. The quantitative estimate of drug-likeness (QED) is 0.904. The summed E-state index contributed by atoms with van der Waals surface area (Å²) in [4.78, 5) is 12.6. The largest absolute Gasteiger partial charge is 0.338 e. The third-order valence-corrected chi connectivity index (χ3v) is 4.14. The lowest BCUT2D eigenvalue weighted by Crippen LogP contribution is -2.15. The number of anilines is 1. The fourth-order valence-electron chi connectivity index (χ4n) is 2.25. The molecule has 2 aromatic rings. The van der Waals surface area contributed by atoms with E-state index in [1.54, 1.807) is 6.07 Å². The van der Waals surface area contributed by atoms with Gasteiger partial charge in [-0.05, 0) is 36.6 Å². The second kappa shape index (κ2) is 4.57. The molecule has 0 unspecified atom stereocenters. The van der Waals surface area contributed by atoms with Crippen LogP contribution in [0.2, 0.25) is 0 Å². The van der Waals surface area contributed by atoms with Crippen LogP contribution in [0.1, 0.15) is 34.3 Å². The molecule has 1 N–H and O–H groups in total. The van der Waals surface area contributed by atoms with Gasteiger partial charge < -0.3 is 4.52 Å². The van der Waals surface area contributed by atoms with E-state index in [1.165, 1.54) is 11.3 Å². The maximum absolute atomic E-state index is 12.0. The van der Waals surface area contributed by atoms with Crippen LogP contribution in [0.3, 0.4) is 0 Å². The zero-order chi connectivity index (χ0) is 12.5. The van der Waals surface area contributed by atoms with Crippen molar-refractivity contribution >= 4 is 23.1 Å². The summed E-state index contributed by atoms with van der Waals surface area (Å²) in [6.07, 6.45) is 3.01. The molecule has 4 nitrogen and oxygen atoms in total. The number of rotatable bonds is 2. The van der Waals surface area contributed by atoms with E-state index in [2.05, 4.69) is 17.4 Å². The van der Waals surface area contributed by atoms with E-state index in [-0.39, 0.29) is 5.91 Å². The molecule has 3 rings (SSSR count). The summed E-state index contributed by atoms with van der Waals surface area (Å²) < 4.78 is 5.26. The molecule has 5 heteroatoms. The summed E-state index contributed by atoms with van der Waals surface area (Å²) in [6, 6.07) is 3.66. The summed E-state index contributed by atoms with van der Waals surface area (Å²) in [5, 5.41) is 8.74. The molecule has 0 aromatic carbocycles. The van der Waals surface area contributed by atoms with Crippen molar-refractivity contribution in [1.29, 1.82) is 0 Å². The second-order valence-corrected chi connectivity index (χ2v) is 5.66. The van der Waals surface area contributed by atoms with E-state index < -0.39 is 0 Å². The van der Waals surface area contributed by atoms with Crippen molar-refractivity contribution in [1.82, 2.24) is 5.16 Å². The van der Waals surface area contributed by atoms with Crippen molar-refractivity contribution in [3.63, 3.8) is 0 Å². The highest BCUT2D eigenvalue weighted by Crippen LogP contribution is 2.30. The van der Waals surface area contributed by atoms with Crippen molar-refractivity contribution in [3.8, 4) is 0 Å². The van der Waals surface area contributed by atoms with Gasteiger partial charge >= 0.3 is 0 Å². The van der Waals surface area contributed by atoms with E-state index >= 15 is 0 Å². The van der Waals surface area contributed by atoms with Gasteiger partial charge in [0.15, 0.2) is 0 Å². The van der Waals surface area contributed by atoms with Gasteiger partial charge in [-0.25, -0.2) is 0 Å². The van der Waals surface area contributed by atoms with Gasteiger partial charge in [0.05, 0.1) is 10.6 Å². The van der Waals surface area contributed by atoms with Crippen LogP contribution in [0.15, 0.2) is 22.0 Å². The number of thiophene rings is 1. The Morgan fingerprint density at radius 2 is 2.50 bits per heavy atom. The Morgan fingerprint density at radius 3 is 3.28 bits per heavy atom. The number of nitrogens with zero attached hydrogens (tertiary/aromatic N) is 1. The number of carbonyl (C=O) groups is 1. The summed E-state index contributed by atoms with van der Waals surface area (Å²) in [6.45, 7) is 2.21. The second-order valence-electron chi connectivity index (χ2n) is 4.72. The van der Waals surface area contributed by atoms with Crippen LogP contribution in [0.25, 0.3) is 0 Å². The first-order chi connectivity index (χ1) is 8.74. The van der Waals surface area contributed by atoms with Gasteiger partial charge in [0, 0.05) is 5.56 Å². The van der Waals surface area contributed by atoms with Gasteiger partial charge in [-0.1, -0.05) is 18.1 Å². The molecule has 1 aliphatic carbocycles. The minimum atomic E-state index is -0.123. The van der Waals surface area contributed by atoms with Gasteiger partial charge in [0.25, 0.3) is 5.91 Å². The van der Waals surface area contributed by atoms with E-state index in [4.69, 9.17) is 4.52 Å². The van der Waals surface area contributed by atoms with Gasteiger partial charge in [-0.2, -0.15) is 0 Å². The lowest BCUT2D eigenvalue weighted by molar-refractivity contribution is 0.102. The smallest absolute Gasteiger partial charge is 0.268 e. The van der Waals surface area contributed by atoms with Gasteiger partial charge in [0.2, 0.25) is 5.88 Å². The predicted octanol–water partition coefficient (Wildman–Crippen LogP) is 3.11. The highest BCUT2D eigenvalue weighted by Gasteiger charge is 2.24. The number of fused-ring (bicyclic) bond motifs is 1. The van der Waals surface area contributed by atoms with Crippen LogP contribution >= 0.6 is 11.3 Å². The van der Waals surface area contributed by atoms with Crippen molar-refractivity contribution in [2.75, 3.05) is 5.32 Å². The molecule has 0 spiro atoms. The third-order valence-electron chi connectivity index (χ3n) is 3.27. The molecule has 0 bridgehead atoms. The summed E-state index contributed by atoms with van der Waals surface area (Å²) in [7, 11) is 0. The molecule has 2 heterocycles. The first-order valence-corrected chi connectivity index (χ1v) is 6.94. The van der Waals surface area contributed by atoms with Crippen LogP contribution in [0.5, 0.6) is 0 Å². The standard InChI is InChI=1S/C13H14N2O2S/c1-8-4-5-10-9(7-8)13(17-15-10)14-12(16)11-3-2-6-18-11/h2-3,6,8H,4-5,7H2,1H3,(H,14,16)/t8-/m0/s1. The molecule has 1 amide bonds. The van der Waals surface area contributed by atoms with Gasteiger partial charge in [-0.3, -0.25) is 10.1 Å². The van der Waals surface area contributed by atoms with Crippen molar-refractivity contribution in [2.24, 2.45) is 5.92 Å². The molecule has 0 radical (unpaired) electrons. The Balaban J connectivity index is 1.82. The number of hydrogen-bond acceptors (Lipinski definition) is 4. The summed E-state index contributed by atoms with van der Waals surface area (Å²) >= 11 is 1.42. The fraction of sp³-hybridized carbons (Fsp3) is 0.385. The molecule has 18 heavy (non-hydrogen) atoms. The lowest BCUT2D eigenvalue weighted by atomic mass is 9.89. The summed E-state index contributed by atoms with van der Waals surface area (Å²) in [5.74, 6) is 1.02. The first kappa shape index (κ1) is 11.5. The molecule has 1 aliphatic rings. The van der Waals surface area contributed by atoms with Crippen LogP contribution in [0, 0.1) is 5.92 Å². The van der Waals surface area contributed by atoms with E-state index in [0.29, 0.717) is 16.7 Å². The van der Waals surface area contributed by atoms with Crippen molar-refractivity contribution < 1.29 is 9.32 Å². The average Bonchev–Trinajstić information content (AvgIpc) is 2.99. The fourth-order valence-corrected chi connectivity index (χ4v) is 2.87. The SMILES string of the molecule is C[C@H]1CCc2noc(NC(=O)c3cccs3)c2C1. The molecule has 0 saturated heterocycles. The molecule has 1 atom stereocenters. The molecule has 94 valence electrons. The maximum Gasteiger partial charge on any atom is 0.268 e. The summed E-state index contributed by atoms with van der Waals surface area (Å²) in [5.41, 5.74) is 2.06. The molecule has 0 saturated carbocycles. The number of hydrogen-bond donors (Lipinski definition) is 1. The molecule has 2 aromatic heterocycles. The Hall–Kier alpha value is -1.62. The van der Waals surface area contributed by atoms with E-state index in [9.17, 15) is 4.79 Å². The number of amides is 1. The zero-order valence-electron chi connectivity index (χ0n) is 10.1. The van der Waals surface area contributed by atoms with E-state index in [1.807, 2.05) is 11.4 Å². The average molecular weight is 262 g/mol. The molecular formula is C13H14N2O2S. The predicted molar refractivity (Wildman–Crippen MR) is 70.0 cm³/mol. The molecular weight excluding hydrogens is 248 g/mol. The number of carbonyl (C=O) groups excluding carboxylic acids is 1. The minimum absolute atomic E-state index is 0.123. The Morgan fingerprint density at radius 1 is 1.61 bits per heavy atom. The minimum Gasteiger partial charge on any atom is -0.338 e. The van der Waals surface area contributed by atoms with Crippen LogP contribution in [0.4, 0.5) is 5.88 Å². The van der Waals surface area contributed by atoms with Crippen molar-refractivity contribution in [2.45, 2.75) is 26.2 Å². The van der Waals surface area contributed by atoms with Gasteiger partial charge in [0.1, 0.15) is 0 Å². The zero-order valence-corrected chi connectivity index (χ0v) is 10.9. The topological polar surface area (TPSA) is 55.1 Å². The maximum atomic E-state index is 12.0. The number of nitrogens with one attached hydrogen (secondary N) is 1. The lowest BCUT2D eigenvalue weighted by Gasteiger charge is -2.16. The Labute approximate surface area is 109 Å². The third kappa shape index (κ3) is 2.06. The first-order valence-electron chi connectivity index (χ1n) is 6.06. The Bertz CT molecular complexity index is 560. The highest BCUT2D eigenvalue weighted by molar-refractivity contribution is 7.12. The Kier molecular flexibility index (Phi) is 2.91. The van der Waals surface area contributed by atoms with Crippen LogP contribution < -0.4 is 5.32 Å². The van der Waals surface area contributed by atoms with Crippen LogP contribution in [-0.4, -0.2) is 11.1 Å². The number of aromatic nitrogens is 1. The van der Waals surface area contributed by atoms with E-state index in [0.717, 1.165) is 30.5 Å². The van der Waals surface area contributed by atoms with Gasteiger partial charge in [-0.15, -0.1) is 11.3 Å². The van der Waals surface area contributed by atoms with Crippen molar-refractivity contribution in [3.05, 3.63) is 33.6 Å². The molecule has 0 fully saturated rings. The normalized spacial score (nSPS) is 18.4. The monoisotopic (exact) mass is 262 g/mol.